The van der Waals surface area contributed by atoms with Crippen LogP contribution in [0.25, 0.3) is 0 Å². The van der Waals surface area contributed by atoms with Crippen LogP contribution in [-0.4, -0.2) is 32.3 Å². The predicted octanol–water partition coefficient (Wildman–Crippen LogP) is 1.43. The number of carbonyl (C=O) groups is 1. The first-order valence-electron chi connectivity index (χ1n) is 5.91. The van der Waals surface area contributed by atoms with Crippen molar-refractivity contribution in [1.29, 1.82) is 0 Å². The van der Waals surface area contributed by atoms with Crippen LogP contribution < -0.4 is 15.8 Å². The number of anilines is 1. The topological polar surface area (TPSA) is 73.6 Å². The van der Waals surface area contributed by atoms with E-state index in [1.54, 1.807) is 18.2 Å². The molecule has 1 aromatic carbocycles. The molecule has 0 aliphatic rings. The molecular formula is C13H20N2O3. The second-order valence-corrected chi connectivity index (χ2v) is 3.94. The second-order valence-electron chi connectivity index (χ2n) is 3.94. The summed E-state index contributed by atoms with van der Waals surface area (Å²) in [5, 5.41) is 2.79. The van der Waals surface area contributed by atoms with E-state index in [4.69, 9.17) is 15.2 Å². The van der Waals surface area contributed by atoms with Crippen LogP contribution in [0.15, 0.2) is 18.2 Å². The van der Waals surface area contributed by atoms with Crippen LogP contribution in [0.5, 0.6) is 5.75 Å². The van der Waals surface area contributed by atoms with Gasteiger partial charge in [-0.25, -0.2) is 0 Å². The van der Waals surface area contributed by atoms with Crippen LogP contribution in [0.1, 0.15) is 24.2 Å². The molecule has 0 spiro atoms. The number of methoxy groups -OCH3 is 1. The van der Waals surface area contributed by atoms with Crippen molar-refractivity contribution in [2.45, 2.75) is 20.0 Å². The zero-order valence-corrected chi connectivity index (χ0v) is 11.0. The Morgan fingerprint density at radius 3 is 2.83 bits per heavy atom. The third kappa shape index (κ3) is 3.92. The summed E-state index contributed by atoms with van der Waals surface area (Å²) >= 11 is 0. The number of benzene rings is 1. The Bertz CT molecular complexity index is 407. The molecule has 0 saturated heterocycles. The number of hydrogen-bond donors (Lipinski definition) is 2. The molecule has 1 atom stereocenters. The number of carbonyl (C=O) groups excluding carboxylic acids is 1. The first kappa shape index (κ1) is 14.3. The smallest absolute Gasteiger partial charge is 0.255 e. The standard InChI is InChI=1S/C13H20N2O3/c1-4-18-9(2)8-15-13(16)11-6-5-10(14)7-12(11)17-3/h5-7,9H,4,8,14H2,1-3H3,(H,15,16). The molecule has 0 fully saturated rings. The highest BCUT2D eigenvalue weighted by Gasteiger charge is 2.13. The van der Waals surface area contributed by atoms with Gasteiger partial charge in [0.05, 0.1) is 18.8 Å². The fourth-order valence-corrected chi connectivity index (χ4v) is 1.57. The Labute approximate surface area is 107 Å². The maximum Gasteiger partial charge on any atom is 0.255 e. The minimum atomic E-state index is -0.196. The van der Waals surface area contributed by atoms with E-state index in [2.05, 4.69) is 5.32 Å². The maximum absolute atomic E-state index is 12.0. The maximum atomic E-state index is 12.0. The van der Waals surface area contributed by atoms with E-state index >= 15 is 0 Å². The van der Waals surface area contributed by atoms with E-state index in [0.29, 0.717) is 30.2 Å². The summed E-state index contributed by atoms with van der Waals surface area (Å²) in [5.41, 5.74) is 6.66. The molecule has 1 aromatic rings. The van der Waals surface area contributed by atoms with Crippen molar-refractivity contribution in [2.75, 3.05) is 26.0 Å². The third-order valence-electron chi connectivity index (χ3n) is 2.47. The summed E-state index contributed by atoms with van der Waals surface area (Å²) < 4.78 is 10.5. The number of ether oxygens (including phenoxy) is 2. The van der Waals surface area contributed by atoms with Gasteiger partial charge < -0.3 is 20.5 Å². The Hall–Kier alpha value is -1.75. The van der Waals surface area contributed by atoms with Gasteiger partial charge in [-0.1, -0.05) is 0 Å². The van der Waals surface area contributed by atoms with Crippen molar-refractivity contribution in [3.8, 4) is 5.75 Å². The molecule has 5 heteroatoms. The largest absolute Gasteiger partial charge is 0.496 e. The van der Waals surface area contributed by atoms with Crippen molar-refractivity contribution in [3.05, 3.63) is 23.8 Å². The van der Waals surface area contributed by atoms with Gasteiger partial charge in [0.15, 0.2) is 0 Å². The van der Waals surface area contributed by atoms with Crippen molar-refractivity contribution >= 4 is 11.6 Å². The van der Waals surface area contributed by atoms with Crippen molar-refractivity contribution in [3.63, 3.8) is 0 Å². The minimum Gasteiger partial charge on any atom is -0.496 e. The van der Waals surface area contributed by atoms with E-state index < -0.39 is 0 Å². The van der Waals surface area contributed by atoms with Crippen molar-refractivity contribution in [1.82, 2.24) is 5.32 Å². The summed E-state index contributed by atoms with van der Waals surface area (Å²) in [6.07, 6.45) is -0.0151. The van der Waals surface area contributed by atoms with Crippen LogP contribution in [0.3, 0.4) is 0 Å². The number of nitrogens with two attached hydrogens (primary N) is 1. The zero-order valence-electron chi connectivity index (χ0n) is 11.0. The Morgan fingerprint density at radius 2 is 2.22 bits per heavy atom. The van der Waals surface area contributed by atoms with Crippen LogP contribution >= 0.6 is 0 Å². The van der Waals surface area contributed by atoms with Crippen LogP contribution in [0, 0.1) is 0 Å². The van der Waals surface area contributed by atoms with Crippen LogP contribution in [-0.2, 0) is 4.74 Å². The van der Waals surface area contributed by atoms with Gasteiger partial charge in [-0.15, -0.1) is 0 Å². The summed E-state index contributed by atoms with van der Waals surface area (Å²) in [7, 11) is 1.51. The van der Waals surface area contributed by atoms with Gasteiger partial charge in [-0.2, -0.15) is 0 Å². The highest BCUT2D eigenvalue weighted by molar-refractivity contribution is 5.97. The molecule has 1 unspecified atom stereocenters. The molecule has 1 rings (SSSR count). The van der Waals surface area contributed by atoms with Crippen molar-refractivity contribution in [2.24, 2.45) is 0 Å². The highest BCUT2D eigenvalue weighted by atomic mass is 16.5. The quantitative estimate of drug-likeness (QED) is 0.751. The molecule has 0 saturated carbocycles. The van der Waals surface area contributed by atoms with E-state index in [0.717, 1.165) is 0 Å². The number of nitrogens with one attached hydrogen (secondary N) is 1. The molecule has 0 radical (unpaired) electrons. The first-order valence-corrected chi connectivity index (χ1v) is 5.91. The Morgan fingerprint density at radius 1 is 1.50 bits per heavy atom. The molecule has 0 aromatic heterocycles. The fraction of sp³-hybridized carbons (Fsp3) is 0.462. The lowest BCUT2D eigenvalue weighted by atomic mass is 10.1. The lowest BCUT2D eigenvalue weighted by Gasteiger charge is -2.14. The highest BCUT2D eigenvalue weighted by Crippen LogP contribution is 2.21. The Balaban J connectivity index is 2.66. The van der Waals surface area contributed by atoms with E-state index in [1.807, 2.05) is 13.8 Å². The molecule has 18 heavy (non-hydrogen) atoms. The van der Waals surface area contributed by atoms with E-state index in [1.165, 1.54) is 7.11 Å². The number of amides is 1. The van der Waals surface area contributed by atoms with Gasteiger partial charge in [0, 0.05) is 24.9 Å². The molecule has 0 aliphatic carbocycles. The SMILES string of the molecule is CCOC(C)CNC(=O)c1ccc(N)cc1OC. The fourth-order valence-electron chi connectivity index (χ4n) is 1.57. The number of rotatable bonds is 6. The molecule has 100 valence electrons. The lowest BCUT2D eigenvalue weighted by molar-refractivity contribution is 0.0694. The molecular weight excluding hydrogens is 232 g/mol. The molecule has 0 bridgehead atoms. The van der Waals surface area contributed by atoms with Gasteiger partial charge in [0.1, 0.15) is 5.75 Å². The summed E-state index contributed by atoms with van der Waals surface area (Å²) in [4.78, 5) is 12.0. The van der Waals surface area contributed by atoms with Crippen molar-refractivity contribution < 1.29 is 14.3 Å². The van der Waals surface area contributed by atoms with Gasteiger partial charge in [-0.05, 0) is 26.0 Å². The van der Waals surface area contributed by atoms with Gasteiger partial charge in [0.2, 0.25) is 0 Å². The lowest BCUT2D eigenvalue weighted by Crippen LogP contribution is -2.32. The van der Waals surface area contributed by atoms with Gasteiger partial charge in [0.25, 0.3) is 5.91 Å². The zero-order chi connectivity index (χ0) is 13.5. The molecule has 1 amide bonds. The van der Waals surface area contributed by atoms with Gasteiger partial charge in [-0.3, -0.25) is 4.79 Å². The first-order chi connectivity index (χ1) is 8.58. The summed E-state index contributed by atoms with van der Waals surface area (Å²) in [6.45, 7) is 4.91. The average Bonchev–Trinajstić information content (AvgIpc) is 2.36. The van der Waals surface area contributed by atoms with Gasteiger partial charge >= 0.3 is 0 Å². The van der Waals surface area contributed by atoms with Crippen LogP contribution in [0.4, 0.5) is 5.69 Å². The van der Waals surface area contributed by atoms with Crippen LogP contribution in [0.2, 0.25) is 0 Å². The Kier molecular flexibility index (Phi) is 5.45. The van der Waals surface area contributed by atoms with E-state index in [-0.39, 0.29) is 12.0 Å². The molecule has 3 N–H and O–H groups in total. The average molecular weight is 252 g/mol. The summed E-state index contributed by atoms with van der Waals surface area (Å²) in [5.74, 6) is 0.273. The second kappa shape index (κ2) is 6.86. The minimum absolute atomic E-state index is 0.0151. The predicted molar refractivity (Wildman–Crippen MR) is 70.8 cm³/mol. The normalized spacial score (nSPS) is 11.9. The molecule has 0 heterocycles. The monoisotopic (exact) mass is 252 g/mol. The number of hydrogen-bond acceptors (Lipinski definition) is 4. The third-order valence-corrected chi connectivity index (χ3v) is 2.47. The summed E-state index contributed by atoms with van der Waals surface area (Å²) in [6, 6.07) is 4.94. The van der Waals surface area contributed by atoms with E-state index in [9.17, 15) is 4.79 Å². The molecule has 0 aliphatic heterocycles. The molecule has 5 nitrogen and oxygen atoms in total. The number of nitrogen functional groups attached to an aromatic ring is 1.